The van der Waals surface area contributed by atoms with Crippen LogP contribution in [0, 0.1) is 11.8 Å². The number of hydrogen-bond donors (Lipinski definition) is 2. The number of carbonyl (C=O) groups excluding carboxylic acids is 3. The van der Waals surface area contributed by atoms with E-state index in [-0.39, 0.29) is 25.0 Å². The summed E-state index contributed by atoms with van der Waals surface area (Å²) in [6.45, 7) is 7.26. The number of esters is 1. The first-order valence-electron chi connectivity index (χ1n) is 11.8. The zero-order valence-electron chi connectivity index (χ0n) is 19.7. The predicted molar refractivity (Wildman–Crippen MR) is 120 cm³/mol. The molecule has 3 fully saturated rings. The first-order chi connectivity index (χ1) is 15.6. The number of rotatable bonds is 7. The van der Waals surface area contributed by atoms with Crippen LogP contribution in [0.1, 0.15) is 46.1 Å². The second kappa shape index (κ2) is 8.72. The number of ether oxygens (including phenoxy) is 2. The van der Waals surface area contributed by atoms with E-state index >= 15 is 0 Å². The molecule has 1 aromatic rings. The van der Waals surface area contributed by atoms with Crippen LogP contribution < -0.4 is 5.32 Å². The van der Waals surface area contributed by atoms with Crippen molar-refractivity contribution in [2.75, 3.05) is 13.2 Å². The predicted octanol–water partition coefficient (Wildman–Crippen LogP) is 1.44. The van der Waals surface area contributed by atoms with E-state index in [0.717, 1.165) is 5.56 Å². The summed E-state index contributed by atoms with van der Waals surface area (Å²) in [5.41, 5.74) is -0.675. The fraction of sp³-hybridized carbons (Fsp3) is 0.640. The smallest absolute Gasteiger partial charge is 0.312 e. The second-order valence-corrected chi connectivity index (χ2v) is 10.3. The molecule has 1 aromatic carbocycles. The van der Waals surface area contributed by atoms with Gasteiger partial charge in [0.15, 0.2) is 0 Å². The lowest BCUT2D eigenvalue weighted by Gasteiger charge is -2.38. The van der Waals surface area contributed by atoms with E-state index in [9.17, 15) is 19.5 Å². The summed E-state index contributed by atoms with van der Waals surface area (Å²) in [6, 6.07) is 7.99. The van der Waals surface area contributed by atoms with E-state index in [1.165, 1.54) is 4.90 Å². The molecule has 2 N–H and O–H groups in total. The Hall–Kier alpha value is -2.45. The Morgan fingerprint density at radius 1 is 1.30 bits per heavy atom. The molecule has 6 atom stereocenters. The van der Waals surface area contributed by atoms with Crippen molar-refractivity contribution in [1.82, 2.24) is 10.2 Å². The summed E-state index contributed by atoms with van der Waals surface area (Å²) < 4.78 is 11.6. The van der Waals surface area contributed by atoms with Crippen LogP contribution in [0.5, 0.6) is 0 Å². The maximum Gasteiger partial charge on any atom is 0.312 e. The maximum atomic E-state index is 13.9. The van der Waals surface area contributed by atoms with Gasteiger partial charge in [-0.3, -0.25) is 14.4 Å². The lowest BCUT2D eigenvalue weighted by molar-refractivity contribution is -0.155. The Morgan fingerprint density at radius 2 is 2.00 bits per heavy atom. The number of fused-ring (bicyclic) bond motifs is 1. The largest absolute Gasteiger partial charge is 0.466 e. The summed E-state index contributed by atoms with van der Waals surface area (Å²) in [7, 11) is 0. The second-order valence-electron chi connectivity index (χ2n) is 10.3. The van der Waals surface area contributed by atoms with Gasteiger partial charge in [0.1, 0.15) is 11.6 Å². The van der Waals surface area contributed by atoms with E-state index in [2.05, 4.69) is 5.32 Å². The fourth-order valence-electron chi connectivity index (χ4n) is 5.87. The molecule has 2 amide bonds. The van der Waals surface area contributed by atoms with Crippen LogP contribution in [-0.4, -0.2) is 70.3 Å². The number of carbonyl (C=O) groups is 3. The van der Waals surface area contributed by atoms with Crippen LogP contribution in [0.4, 0.5) is 0 Å². The van der Waals surface area contributed by atoms with Crippen LogP contribution in [0.25, 0.3) is 0 Å². The van der Waals surface area contributed by atoms with Gasteiger partial charge in [-0.15, -0.1) is 0 Å². The number of benzene rings is 1. The van der Waals surface area contributed by atoms with Gasteiger partial charge in [-0.25, -0.2) is 0 Å². The molecule has 0 unspecified atom stereocenters. The third-order valence-electron chi connectivity index (χ3n) is 6.96. The minimum absolute atomic E-state index is 0.209. The molecule has 4 rings (SSSR count). The molecule has 180 valence electrons. The van der Waals surface area contributed by atoms with Crippen LogP contribution >= 0.6 is 0 Å². The molecule has 3 aliphatic heterocycles. The Morgan fingerprint density at radius 3 is 2.61 bits per heavy atom. The van der Waals surface area contributed by atoms with Crippen molar-refractivity contribution >= 4 is 17.8 Å². The van der Waals surface area contributed by atoms with Gasteiger partial charge in [0.2, 0.25) is 11.8 Å². The molecule has 0 saturated carbocycles. The standard InChI is InChI=1S/C25H34N2O6/c1-5-32-23(31)18-17-11-12-25(33-17)19(18)22(30)27(20(25)21(29)26-24(2,3)4)16(14-28)13-15-9-7-6-8-10-15/h6-10,16-20,28H,5,11-14H2,1-4H3,(H,26,29)/t16-,17+,18-,19-,20+,25-/m1/s1. The molecule has 3 heterocycles. The van der Waals surface area contributed by atoms with Gasteiger partial charge < -0.3 is 24.8 Å². The number of nitrogens with zero attached hydrogens (tertiary/aromatic N) is 1. The molecular weight excluding hydrogens is 424 g/mol. The fourth-order valence-corrected chi connectivity index (χ4v) is 5.87. The first kappa shape index (κ1) is 23.7. The van der Waals surface area contributed by atoms with Gasteiger partial charge in [0.05, 0.1) is 37.2 Å². The Kier molecular flexibility index (Phi) is 6.26. The van der Waals surface area contributed by atoms with Crippen LogP contribution in [0.2, 0.25) is 0 Å². The van der Waals surface area contributed by atoms with E-state index in [1.807, 2.05) is 51.1 Å². The lowest BCUT2D eigenvalue weighted by atomic mass is 9.70. The number of aliphatic hydroxyl groups is 1. The van der Waals surface area contributed by atoms with Crippen molar-refractivity contribution in [3.05, 3.63) is 35.9 Å². The lowest BCUT2D eigenvalue weighted by Crippen LogP contribution is -2.60. The Balaban J connectivity index is 1.75. The quantitative estimate of drug-likeness (QED) is 0.599. The van der Waals surface area contributed by atoms with Crippen molar-refractivity contribution in [1.29, 1.82) is 0 Å². The van der Waals surface area contributed by atoms with Crippen molar-refractivity contribution in [3.63, 3.8) is 0 Å². The highest BCUT2D eigenvalue weighted by Crippen LogP contribution is 2.59. The zero-order chi connectivity index (χ0) is 24.0. The molecule has 3 aliphatic rings. The third kappa shape index (κ3) is 4.04. The van der Waals surface area contributed by atoms with Crippen molar-refractivity contribution in [2.24, 2.45) is 11.8 Å². The molecule has 3 saturated heterocycles. The van der Waals surface area contributed by atoms with Crippen LogP contribution in [0.15, 0.2) is 30.3 Å². The molecule has 8 heteroatoms. The number of nitrogens with one attached hydrogen (secondary N) is 1. The molecule has 8 nitrogen and oxygen atoms in total. The average Bonchev–Trinajstić information content (AvgIpc) is 3.39. The number of aliphatic hydroxyl groups excluding tert-OH is 1. The van der Waals surface area contributed by atoms with E-state index in [0.29, 0.717) is 19.3 Å². The van der Waals surface area contributed by atoms with Crippen LogP contribution in [0.3, 0.4) is 0 Å². The maximum absolute atomic E-state index is 13.9. The highest BCUT2D eigenvalue weighted by molar-refractivity contribution is 5.98. The molecule has 0 aliphatic carbocycles. The van der Waals surface area contributed by atoms with Gasteiger partial charge in [-0.1, -0.05) is 30.3 Å². The normalized spacial score (nSPS) is 31.4. The molecule has 2 bridgehead atoms. The van der Waals surface area contributed by atoms with Crippen molar-refractivity contribution in [3.8, 4) is 0 Å². The molecule has 0 aromatic heterocycles. The third-order valence-corrected chi connectivity index (χ3v) is 6.96. The summed E-state index contributed by atoms with van der Waals surface area (Å²) in [4.78, 5) is 41.9. The van der Waals surface area contributed by atoms with Gasteiger partial charge in [-0.2, -0.15) is 0 Å². The monoisotopic (exact) mass is 458 g/mol. The number of likely N-dealkylation sites (tertiary alicyclic amines) is 1. The van der Waals surface area contributed by atoms with Gasteiger partial charge in [-0.05, 0) is 52.5 Å². The summed E-state index contributed by atoms with van der Waals surface area (Å²) in [5.74, 6) is -2.63. The Labute approximate surface area is 194 Å². The number of hydrogen-bond acceptors (Lipinski definition) is 6. The minimum atomic E-state index is -1.10. The van der Waals surface area contributed by atoms with E-state index in [4.69, 9.17) is 9.47 Å². The minimum Gasteiger partial charge on any atom is -0.466 e. The highest BCUT2D eigenvalue weighted by Gasteiger charge is 2.75. The highest BCUT2D eigenvalue weighted by atomic mass is 16.6. The van der Waals surface area contributed by atoms with Gasteiger partial charge >= 0.3 is 5.97 Å². The topological polar surface area (TPSA) is 105 Å². The summed E-state index contributed by atoms with van der Waals surface area (Å²) >= 11 is 0. The summed E-state index contributed by atoms with van der Waals surface area (Å²) in [6.07, 6.45) is 1.04. The van der Waals surface area contributed by atoms with Crippen LogP contribution in [-0.2, 0) is 30.3 Å². The Bertz CT molecular complexity index is 913. The van der Waals surface area contributed by atoms with E-state index in [1.54, 1.807) is 6.92 Å². The van der Waals surface area contributed by atoms with Crippen molar-refractivity contribution in [2.45, 2.75) is 76.3 Å². The number of amides is 2. The van der Waals surface area contributed by atoms with Crippen molar-refractivity contribution < 1.29 is 29.0 Å². The molecule has 33 heavy (non-hydrogen) atoms. The SMILES string of the molecule is CCOC(=O)[C@@H]1[C@@H]2CC[C@]3(O2)[C@H](C(=O)NC(C)(C)C)N([C@@H](CO)Cc2ccccc2)C(=O)[C@@H]13. The molecule has 0 radical (unpaired) electrons. The molecular formula is C25H34N2O6. The average molecular weight is 459 g/mol. The van der Waals surface area contributed by atoms with Gasteiger partial charge in [0.25, 0.3) is 0 Å². The van der Waals surface area contributed by atoms with Gasteiger partial charge in [0, 0.05) is 5.54 Å². The molecule has 1 spiro atoms. The summed E-state index contributed by atoms with van der Waals surface area (Å²) in [5, 5.41) is 13.3. The first-order valence-corrected chi connectivity index (χ1v) is 11.8. The van der Waals surface area contributed by atoms with E-state index < -0.39 is 47.1 Å². The zero-order valence-corrected chi connectivity index (χ0v) is 19.7.